The van der Waals surface area contributed by atoms with Crippen LogP contribution in [0.25, 0.3) is 10.9 Å². The second-order valence-corrected chi connectivity index (χ2v) is 7.63. The maximum atomic E-state index is 13.0. The number of benzene rings is 3. The quantitative estimate of drug-likeness (QED) is 0.486. The Morgan fingerprint density at radius 2 is 1.59 bits per heavy atom. The van der Waals surface area contributed by atoms with Gasteiger partial charge in [-0.05, 0) is 43.3 Å². The zero-order chi connectivity index (χ0) is 20.2. The van der Waals surface area contributed by atoms with Crippen LogP contribution < -0.4 is 10.7 Å². The van der Waals surface area contributed by atoms with Gasteiger partial charge in [-0.25, -0.2) is 0 Å². The SMILES string of the molecule is CCn1cc(Sc2ccccc2NC(=O)c2ccccc2)c(=O)c2ccccc21. The molecular formula is C24H20N2O2S. The van der Waals surface area contributed by atoms with Gasteiger partial charge in [-0.1, -0.05) is 54.2 Å². The van der Waals surface area contributed by atoms with Crippen molar-refractivity contribution in [2.75, 3.05) is 5.32 Å². The van der Waals surface area contributed by atoms with E-state index in [1.807, 2.05) is 72.9 Å². The molecule has 0 aliphatic heterocycles. The molecule has 144 valence electrons. The van der Waals surface area contributed by atoms with Crippen molar-refractivity contribution in [2.45, 2.75) is 23.3 Å². The molecule has 0 saturated heterocycles. The number of nitrogens with zero attached hydrogens (tertiary/aromatic N) is 1. The van der Waals surface area contributed by atoms with Crippen LogP contribution in [0.2, 0.25) is 0 Å². The maximum Gasteiger partial charge on any atom is 0.255 e. The number of hydrogen-bond acceptors (Lipinski definition) is 3. The van der Waals surface area contributed by atoms with E-state index in [1.165, 1.54) is 11.8 Å². The Morgan fingerprint density at radius 3 is 2.38 bits per heavy atom. The van der Waals surface area contributed by atoms with Crippen molar-refractivity contribution in [3.8, 4) is 0 Å². The van der Waals surface area contributed by atoms with Crippen LogP contribution in [0.5, 0.6) is 0 Å². The number of carbonyl (C=O) groups is 1. The molecule has 0 fully saturated rings. The third-order valence-corrected chi connectivity index (χ3v) is 5.77. The number of rotatable bonds is 5. The largest absolute Gasteiger partial charge is 0.346 e. The number of pyridine rings is 1. The van der Waals surface area contributed by atoms with E-state index in [1.54, 1.807) is 12.1 Å². The van der Waals surface area contributed by atoms with Gasteiger partial charge in [0.15, 0.2) is 0 Å². The second kappa shape index (κ2) is 8.37. The van der Waals surface area contributed by atoms with E-state index >= 15 is 0 Å². The normalized spacial score (nSPS) is 10.8. The lowest BCUT2D eigenvalue weighted by atomic mass is 10.2. The number of aryl methyl sites for hydroxylation is 1. The Balaban J connectivity index is 1.70. The standard InChI is InChI=1S/C24H20N2O2S/c1-2-26-16-22(23(27)18-12-6-8-14-20(18)26)29-21-15-9-7-13-19(21)25-24(28)17-10-4-3-5-11-17/h3-16H,2H2,1H3,(H,25,28). The van der Waals surface area contributed by atoms with Crippen LogP contribution in [0.15, 0.2) is 99.6 Å². The first kappa shape index (κ1) is 19.0. The highest BCUT2D eigenvalue weighted by Gasteiger charge is 2.13. The summed E-state index contributed by atoms with van der Waals surface area (Å²) >= 11 is 1.37. The Labute approximate surface area is 173 Å². The van der Waals surface area contributed by atoms with Gasteiger partial charge in [0.25, 0.3) is 5.91 Å². The highest BCUT2D eigenvalue weighted by atomic mass is 32.2. The molecule has 1 aromatic heterocycles. The second-order valence-electron chi connectivity index (χ2n) is 6.54. The van der Waals surface area contributed by atoms with E-state index in [0.29, 0.717) is 21.5 Å². The van der Waals surface area contributed by atoms with Gasteiger partial charge in [0.05, 0.1) is 16.1 Å². The minimum absolute atomic E-state index is 0.000473. The molecule has 4 nitrogen and oxygen atoms in total. The van der Waals surface area contributed by atoms with E-state index < -0.39 is 0 Å². The van der Waals surface area contributed by atoms with Crippen molar-refractivity contribution in [1.82, 2.24) is 4.57 Å². The summed E-state index contributed by atoms with van der Waals surface area (Å²) in [6, 6.07) is 24.3. The number of aromatic nitrogens is 1. The zero-order valence-electron chi connectivity index (χ0n) is 16.0. The number of para-hydroxylation sites is 2. The molecule has 0 radical (unpaired) electrons. The Hall–Kier alpha value is -3.31. The maximum absolute atomic E-state index is 13.0. The molecule has 0 unspecified atom stereocenters. The fourth-order valence-corrected chi connectivity index (χ4v) is 4.21. The van der Waals surface area contributed by atoms with E-state index in [-0.39, 0.29) is 11.3 Å². The first-order chi connectivity index (χ1) is 14.2. The lowest BCUT2D eigenvalue weighted by molar-refractivity contribution is 0.102. The topological polar surface area (TPSA) is 51.1 Å². The van der Waals surface area contributed by atoms with E-state index in [9.17, 15) is 9.59 Å². The van der Waals surface area contributed by atoms with Crippen molar-refractivity contribution in [1.29, 1.82) is 0 Å². The molecule has 0 atom stereocenters. The summed E-state index contributed by atoms with van der Waals surface area (Å²) < 4.78 is 2.07. The predicted molar refractivity (Wildman–Crippen MR) is 119 cm³/mol. The van der Waals surface area contributed by atoms with Gasteiger partial charge in [-0.3, -0.25) is 9.59 Å². The number of nitrogens with one attached hydrogen (secondary N) is 1. The smallest absolute Gasteiger partial charge is 0.255 e. The van der Waals surface area contributed by atoms with Gasteiger partial charge in [0.1, 0.15) is 0 Å². The molecule has 4 rings (SSSR count). The lowest BCUT2D eigenvalue weighted by Crippen LogP contribution is -2.13. The van der Waals surface area contributed by atoms with Crippen molar-refractivity contribution < 1.29 is 4.79 Å². The molecule has 0 saturated carbocycles. The summed E-state index contributed by atoms with van der Waals surface area (Å²) in [5.74, 6) is -0.178. The van der Waals surface area contributed by atoms with Gasteiger partial charge >= 0.3 is 0 Å². The van der Waals surface area contributed by atoms with Crippen molar-refractivity contribution in [3.63, 3.8) is 0 Å². The van der Waals surface area contributed by atoms with Crippen LogP contribution in [-0.2, 0) is 6.54 Å². The van der Waals surface area contributed by atoms with Crippen LogP contribution in [0, 0.1) is 0 Å². The fourth-order valence-electron chi connectivity index (χ4n) is 3.21. The first-order valence-electron chi connectivity index (χ1n) is 9.43. The van der Waals surface area contributed by atoms with Gasteiger partial charge in [0.2, 0.25) is 5.43 Å². The minimum atomic E-state index is -0.178. The van der Waals surface area contributed by atoms with Crippen LogP contribution in [0.3, 0.4) is 0 Å². The average molecular weight is 401 g/mol. The minimum Gasteiger partial charge on any atom is -0.346 e. The molecule has 0 spiro atoms. The Kier molecular flexibility index (Phi) is 5.49. The monoisotopic (exact) mass is 400 g/mol. The molecule has 5 heteroatoms. The number of fused-ring (bicyclic) bond motifs is 1. The van der Waals surface area contributed by atoms with Crippen molar-refractivity contribution in [2.24, 2.45) is 0 Å². The zero-order valence-corrected chi connectivity index (χ0v) is 16.8. The molecule has 3 aromatic carbocycles. The third-order valence-electron chi connectivity index (χ3n) is 4.69. The number of carbonyl (C=O) groups excluding carboxylic acids is 1. The molecule has 1 heterocycles. The van der Waals surface area contributed by atoms with Gasteiger partial charge in [0, 0.05) is 28.6 Å². The van der Waals surface area contributed by atoms with E-state index in [2.05, 4.69) is 16.8 Å². The number of anilines is 1. The van der Waals surface area contributed by atoms with Crippen molar-refractivity contribution in [3.05, 3.63) is 101 Å². The van der Waals surface area contributed by atoms with Crippen molar-refractivity contribution >= 4 is 34.3 Å². The number of hydrogen-bond donors (Lipinski definition) is 1. The summed E-state index contributed by atoms with van der Waals surface area (Å²) in [5.41, 5.74) is 2.20. The van der Waals surface area contributed by atoms with Crippen LogP contribution >= 0.6 is 11.8 Å². The number of amides is 1. The van der Waals surface area contributed by atoms with Gasteiger partial charge in [-0.15, -0.1) is 0 Å². The fraction of sp³-hybridized carbons (Fsp3) is 0.0833. The summed E-state index contributed by atoms with van der Waals surface area (Å²) in [6.07, 6.45) is 1.89. The summed E-state index contributed by atoms with van der Waals surface area (Å²) in [4.78, 5) is 27.1. The molecule has 1 amide bonds. The predicted octanol–water partition coefficient (Wildman–Crippen LogP) is 5.42. The molecule has 0 bridgehead atoms. The van der Waals surface area contributed by atoms with E-state index in [0.717, 1.165) is 17.0 Å². The van der Waals surface area contributed by atoms with E-state index in [4.69, 9.17) is 0 Å². The first-order valence-corrected chi connectivity index (χ1v) is 10.2. The molecule has 0 aliphatic carbocycles. The van der Waals surface area contributed by atoms with Crippen LogP contribution in [-0.4, -0.2) is 10.5 Å². The molecule has 0 aliphatic rings. The van der Waals surface area contributed by atoms with Crippen LogP contribution in [0.4, 0.5) is 5.69 Å². The summed E-state index contributed by atoms with van der Waals surface area (Å²) in [6.45, 7) is 2.82. The summed E-state index contributed by atoms with van der Waals surface area (Å²) in [7, 11) is 0. The molecule has 4 aromatic rings. The highest BCUT2D eigenvalue weighted by molar-refractivity contribution is 7.99. The van der Waals surface area contributed by atoms with Gasteiger partial charge in [-0.2, -0.15) is 0 Å². The molecular weight excluding hydrogens is 380 g/mol. The molecule has 1 N–H and O–H groups in total. The summed E-state index contributed by atoms with van der Waals surface area (Å²) in [5, 5.41) is 3.66. The lowest BCUT2D eigenvalue weighted by Gasteiger charge is -2.13. The Bertz CT molecular complexity index is 1230. The molecule has 29 heavy (non-hydrogen) atoms. The Morgan fingerprint density at radius 1 is 0.897 bits per heavy atom. The average Bonchev–Trinajstić information content (AvgIpc) is 2.77. The third kappa shape index (κ3) is 3.96. The highest BCUT2D eigenvalue weighted by Crippen LogP contribution is 2.33. The van der Waals surface area contributed by atoms with Crippen LogP contribution in [0.1, 0.15) is 17.3 Å². The van der Waals surface area contributed by atoms with Gasteiger partial charge < -0.3 is 9.88 Å².